The van der Waals surface area contributed by atoms with Crippen molar-refractivity contribution in [3.8, 4) is 5.75 Å². The number of aromatic carboxylic acids is 1. The quantitative estimate of drug-likeness (QED) is 0.771. The van der Waals surface area contributed by atoms with Crippen molar-refractivity contribution in [2.45, 2.75) is 19.3 Å². The Morgan fingerprint density at radius 2 is 2.15 bits per heavy atom. The Morgan fingerprint density at radius 3 is 2.70 bits per heavy atom. The molecule has 0 spiro atoms. The molecule has 0 heterocycles. The fraction of sp³-hybridized carbons (Fsp3) is 0.429. The van der Waals surface area contributed by atoms with Crippen molar-refractivity contribution in [1.82, 2.24) is 5.32 Å². The number of carboxylic acid groups (broad SMARTS) is 1. The zero-order valence-electron chi connectivity index (χ0n) is 11.3. The van der Waals surface area contributed by atoms with E-state index in [1.807, 2.05) is 0 Å². The number of carboxylic acids is 1. The zero-order valence-corrected chi connectivity index (χ0v) is 11.3. The molecule has 1 fully saturated rings. The molecule has 1 aromatic carbocycles. The molecule has 1 saturated carbocycles. The van der Waals surface area contributed by atoms with Crippen LogP contribution in [-0.4, -0.2) is 30.8 Å². The van der Waals surface area contributed by atoms with Crippen LogP contribution in [0.25, 0.3) is 0 Å². The van der Waals surface area contributed by atoms with Gasteiger partial charge >= 0.3 is 12.0 Å². The van der Waals surface area contributed by atoms with Crippen LogP contribution < -0.4 is 15.4 Å². The van der Waals surface area contributed by atoms with Crippen LogP contribution in [0, 0.1) is 5.92 Å². The van der Waals surface area contributed by atoms with Crippen molar-refractivity contribution in [2.24, 2.45) is 5.92 Å². The highest BCUT2D eigenvalue weighted by atomic mass is 16.5. The van der Waals surface area contributed by atoms with Crippen LogP contribution in [0.3, 0.4) is 0 Å². The number of carbonyl (C=O) groups excluding carboxylic acids is 1. The van der Waals surface area contributed by atoms with E-state index in [9.17, 15) is 9.59 Å². The second-order valence-electron chi connectivity index (χ2n) is 4.85. The molecule has 0 radical (unpaired) electrons. The predicted octanol–water partition coefficient (Wildman–Crippen LogP) is 2.31. The molecular formula is C14H18N2O4. The molecule has 1 aliphatic rings. The largest absolute Gasteiger partial charge is 0.496 e. The summed E-state index contributed by atoms with van der Waals surface area (Å²) < 4.78 is 5.00. The lowest BCUT2D eigenvalue weighted by molar-refractivity contribution is 0.0693. The summed E-state index contributed by atoms with van der Waals surface area (Å²) in [6, 6.07) is 4.14. The molecule has 0 bridgehead atoms. The number of urea groups is 1. The first-order valence-corrected chi connectivity index (χ1v) is 6.56. The van der Waals surface area contributed by atoms with Gasteiger partial charge in [0.2, 0.25) is 0 Å². The maximum atomic E-state index is 11.7. The number of benzene rings is 1. The van der Waals surface area contributed by atoms with E-state index in [1.54, 1.807) is 0 Å². The van der Waals surface area contributed by atoms with Crippen LogP contribution in [-0.2, 0) is 0 Å². The number of nitrogens with one attached hydrogen (secondary N) is 2. The molecule has 0 unspecified atom stereocenters. The third-order valence-corrected chi connectivity index (χ3v) is 3.47. The Balaban J connectivity index is 1.94. The van der Waals surface area contributed by atoms with E-state index in [4.69, 9.17) is 9.84 Å². The Hall–Kier alpha value is -2.24. The predicted molar refractivity (Wildman–Crippen MR) is 74.3 cm³/mol. The van der Waals surface area contributed by atoms with Gasteiger partial charge in [-0.2, -0.15) is 0 Å². The van der Waals surface area contributed by atoms with Crippen LogP contribution in [0.2, 0.25) is 0 Å². The minimum Gasteiger partial charge on any atom is -0.496 e. The minimum absolute atomic E-state index is 0.0629. The van der Waals surface area contributed by atoms with E-state index >= 15 is 0 Å². The number of amides is 2. The number of rotatable bonds is 5. The zero-order chi connectivity index (χ0) is 14.5. The molecule has 6 nitrogen and oxygen atoms in total. The lowest BCUT2D eigenvalue weighted by atomic mass is 9.85. The number of hydrogen-bond donors (Lipinski definition) is 3. The summed E-state index contributed by atoms with van der Waals surface area (Å²) in [5.74, 6) is -0.262. The van der Waals surface area contributed by atoms with Crippen molar-refractivity contribution in [2.75, 3.05) is 19.0 Å². The summed E-state index contributed by atoms with van der Waals surface area (Å²) in [6.07, 6.45) is 3.57. The van der Waals surface area contributed by atoms with Crippen LogP contribution in [0.1, 0.15) is 29.6 Å². The van der Waals surface area contributed by atoms with Gasteiger partial charge in [-0.3, -0.25) is 0 Å². The summed E-state index contributed by atoms with van der Waals surface area (Å²) in [4.78, 5) is 22.6. The molecule has 1 aromatic rings. The second-order valence-corrected chi connectivity index (χ2v) is 4.85. The highest BCUT2D eigenvalue weighted by Crippen LogP contribution is 2.25. The normalized spacial score (nSPS) is 14.2. The van der Waals surface area contributed by atoms with Crippen LogP contribution in [0.4, 0.5) is 10.5 Å². The SMILES string of the molecule is COc1cc(NC(=O)NCC2CCC2)ccc1C(=O)O. The number of ether oxygens (including phenoxy) is 1. The molecule has 2 rings (SSSR count). The maximum Gasteiger partial charge on any atom is 0.339 e. The molecule has 2 amide bonds. The van der Waals surface area contributed by atoms with Gasteiger partial charge in [-0.15, -0.1) is 0 Å². The first-order chi connectivity index (χ1) is 9.60. The summed E-state index contributed by atoms with van der Waals surface area (Å²) in [5.41, 5.74) is 0.561. The highest BCUT2D eigenvalue weighted by Gasteiger charge is 2.18. The van der Waals surface area contributed by atoms with Crippen molar-refractivity contribution in [1.29, 1.82) is 0 Å². The fourth-order valence-corrected chi connectivity index (χ4v) is 2.05. The topological polar surface area (TPSA) is 87.7 Å². The van der Waals surface area contributed by atoms with E-state index < -0.39 is 5.97 Å². The molecule has 0 saturated heterocycles. The lowest BCUT2D eigenvalue weighted by Crippen LogP contribution is -2.35. The average Bonchev–Trinajstić information content (AvgIpc) is 2.36. The Kier molecular flexibility index (Phi) is 4.45. The molecule has 0 aliphatic heterocycles. The van der Waals surface area contributed by atoms with E-state index in [0.717, 1.165) is 0 Å². The Labute approximate surface area is 117 Å². The first kappa shape index (κ1) is 14.2. The van der Waals surface area contributed by atoms with Crippen LogP contribution in [0.5, 0.6) is 5.75 Å². The fourth-order valence-electron chi connectivity index (χ4n) is 2.05. The molecular weight excluding hydrogens is 260 g/mol. The molecule has 0 aromatic heterocycles. The molecule has 3 N–H and O–H groups in total. The average molecular weight is 278 g/mol. The van der Waals surface area contributed by atoms with Crippen LogP contribution in [0.15, 0.2) is 18.2 Å². The third kappa shape index (κ3) is 3.40. The van der Waals surface area contributed by atoms with Crippen molar-refractivity contribution >= 4 is 17.7 Å². The van der Waals surface area contributed by atoms with Crippen LogP contribution >= 0.6 is 0 Å². The molecule has 6 heteroatoms. The molecule has 108 valence electrons. The molecule has 1 aliphatic carbocycles. The van der Waals surface area contributed by atoms with Gasteiger partial charge in [0.1, 0.15) is 11.3 Å². The van der Waals surface area contributed by atoms with Gasteiger partial charge in [0.15, 0.2) is 0 Å². The summed E-state index contributed by atoms with van der Waals surface area (Å²) in [5, 5.41) is 14.4. The number of methoxy groups -OCH3 is 1. The number of hydrogen-bond acceptors (Lipinski definition) is 3. The van der Waals surface area contributed by atoms with Gasteiger partial charge in [0.25, 0.3) is 0 Å². The van der Waals surface area contributed by atoms with Crippen molar-refractivity contribution in [3.05, 3.63) is 23.8 Å². The minimum atomic E-state index is -1.07. The molecule has 0 atom stereocenters. The van der Waals surface area contributed by atoms with E-state index in [0.29, 0.717) is 18.2 Å². The summed E-state index contributed by atoms with van der Waals surface area (Å²) in [6.45, 7) is 0.677. The number of carbonyl (C=O) groups is 2. The summed E-state index contributed by atoms with van der Waals surface area (Å²) >= 11 is 0. The van der Waals surface area contributed by atoms with E-state index in [-0.39, 0.29) is 17.3 Å². The van der Waals surface area contributed by atoms with Gasteiger partial charge in [0, 0.05) is 18.3 Å². The Morgan fingerprint density at radius 1 is 1.40 bits per heavy atom. The van der Waals surface area contributed by atoms with Gasteiger partial charge in [0.05, 0.1) is 7.11 Å². The van der Waals surface area contributed by atoms with Gasteiger partial charge in [-0.05, 0) is 30.9 Å². The summed E-state index contributed by atoms with van der Waals surface area (Å²) in [7, 11) is 1.39. The monoisotopic (exact) mass is 278 g/mol. The van der Waals surface area contributed by atoms with Gasteiger partial charge < -0.3 is 20.5 Å². The standard InChI is InChI=1S/C14H18N2O4/c1-20-12-7-10(5-6-11(12)13(17)18)16-14(19)15-8-9-3-2-4-9/h5-7,9H,2-4,8H2,1H3,(H,17,18)(H2,15,16,19). The van der Waals surface area contributed by atoms with E-state index in [1.165, 1.54) is 44.6 Å². The van der Waals surface area contributed by atoms with Gasteiger partial charge in [-0.1, -0.05) is 6.42 Å². The Bertz CT molecular complexity index is 512. The van der Waals surface area contributed by atoms with E-state index in [2.05, 4.69) is 10.6 Å². The number of anilines is 1. The maximum absolute atomic E-state index is 11.7. The second kappa shape index (κ2) is 6.27. The van der Waals surface area contributed by atoms with Gasteiger partial charge in [-0.25, -0.2) is 9.59 Å². The lowest BCUT2D eigenvalue weighted by Gasteiger charge is -2.25. The highest BCUT2D eigenvalue weighted by molar-refractivity contribution is 5.94. The smallest absolute Gasteiger partial charge is 0.339 e. The molecule has 20 heavy (non-hydrogen) atoms. The third-order valence-electron chi connectivity index (χ3n) is 3.47. The van der Waals surface area contributed by atoms with Crippen molar-refractivity contribution in [3.63, 3.8) is 0 Å². The first-order valence-electron chi connectivity index (χ1n) is 6.56. The van der Waals surface area contributed by atoms with Crippen molar-refractivity contribution < 1.29 is 19.4 Å².